The lowest BCUT2D eigenvalue weighted by atomic mass is 10.1. The Hall–Kier alpha value is -4.08. The zero-order valence-corrected chi connectivity index (χ0v) is 16.3. The number of pyridine rings is 1. The summed E-state index contributed by atoms with van der Waals surface area (Å²) in [5.41, 5.74) is -0.577. The highest BCUT2D eigenvalue weighted by Gasteiger charge is 2.34. The van der Waals surface area contributed by atoms with Crippen LogP contribution in [0, 0.1) is 5.82 Å². The predicted octanol–water partition coefficient (Wildman–Crippen LogP) is 4.80. The quantitative estimate of drug-likeness (QED) is 0.452. The Balaban J connectivity index is 1.74. The Bertz CT molecular complexity index is 1250. The van der Waals surface area contributed by atoms with E-state index in [0.29, 0.717) is 11.1 Å². The van der Waals surface area contributed by atoms with Crippen LogP contribution in [0.2, 0.25) is 0 Å². The molecule has 32 heavy (non-hydrogen) atoms. The van der Waals surface area contributed by atoms with Gasteiger partial charge in [0.1, 0.15) is 11.5 Å². The van der Waals surface area contributed by atoms with Gasteiger partial charge in [-0.05, 0) is 30.3 Å². The van der Waals surface area contributed by atoms with Crippen molar-refractivity contribution >= 4 is 11.6 Å². The fourth-order valence-corrected chi connectivity index (χ4v) is 3.18. The summed E-state index contributed by atoms with van der Waals surface area (Å²) in [6, 6.07) is 13.9. The Morgan fingerprint density at radius 3 is 2.38 bits per heavy atom. The summed E-state index contributed by atoms with van der Waals surface area (Å²) in [5, 5.41) is 10.1. The molecule has 162 valence electrons. The van der Waals surface area contributed by atoms with Crippen LogP contribution in [0.4, 0.5) is 23.2 Å². The van der Waals surface area contributed by atoms with Crippen LogP contribution in [0.25, 0.3) is 11.3 Å². The van der Waals surface area contributed by atoms with Gasteiger partial charge in [-0.1, -0.05) is 35.5 Å². The molecule has 1 N–H and O–H groups in total. The van der Waals surface area contributed by atoms with Gasteiger partial charge in [0.25, 0.3) is 5.91 Å². The van der Waals surface area contributed by atoms with Gasteiger partial charge in [-0.25, -0.2) is 9.07 Å². The van der Waals surface area contributed by atoms with Crippen molar-refractivity contribution in [2.24, 2.45) is 0 Å². The molecule has 4 rings (SSSR count). The van der Waals surface area contributed by atoms with Gasteiger partial charge in [0, 0.05) is 23.5 Å². The molecular weight excluding hydrogens is 426 g/mol. The third kappa shape index (κ3) is 4.34. The third-order valence-corrected chi connectivity index (χ3v) is 4.66. The largest absolute Gasteiger partial charge is 0.418 e. The van der Waals surface area contributed by atoms with Crippen molar-refractivity contribution in [2.45, 2.75) is 12.7 Å². The number of alkyl halides is 3. The van der Waals surface area contributed by atoms with E-state index >= 15 is 0 Å². The summed E-state index contributed by atoms with van der Waals surface area (Å²) in [6.07, 6.45) is -1.69. The first-order valence-electron chi connectivity index (χ1n) is 9.39. The normalized spacial score (nSPS) is 11.4. The fourth-order valence-electron chi connectivity index (χ4n) is 3.18. The van der Waals surface area contributed by atoms with Gasteiger partial charge in [-0.15, -0.1) is 5.10 Å². The van der Waals surface area contributed by atoms with Crippen LogP contribution in [-0.4, -0.2) is 25.9 Å². The molecule has 0 fully saturated rings. The third-order valence-electron chi connectivity index (χ3n) is 4.66. The minimum atomic E-state index is -4.65. The molecule has 0 unspecified atom stereocenters. The van der Waals surface area contributed by atoms with Crippen molar-refractivity contribution in [1.29, 1.82) is 0 Å². The van der Waals surface area contributed by atoms with Gasteiger partial charge in [-0.2, -0.15) is 13.2 Å². The lowest BCUT2D eigenvalue weighted by Gasteiger charge is -2.13. The second-order valence-corrected chi connectivity index (χ2v) is 6.77. The van der Waals surface area contributed by atoms with Crippen molar-refractivity contribution in [3.8, 4) is 11.3 Å². The highest BCUT2D eigenvalue weighted by molar-refractivity contribution is 6.07. The molecule has 0 spiro atoms. The number of aromatic nitrogens is 4. The van der Waals surface area contributed by atoms with E-state index in [0.717, 1.165) is 12.1 Å². The molecule has 0 radical (unpaired) electrons. The van der Waals surface area contributed by atoms with E-state index in [1.807, 2.05) is 0 Å². The smallest absolute Gasteiger partial charge is 0.320 e. The van der Waals surface area contributed by atoms with Crippen LogP contribution >= 0.6 is 0 Å². The number of para-hydroxylation sites is 1. The molecule has 0 atom stereocenters. The standard InChI is InChI=1S/C22H15F4N5O/c23-17-7-3-1-5-15(17)13-31-20(14-9-11-27-12-10-14)19(29-30-31)21(32)28-18-8-4-2-6-16(18)22(24,25)26/h1-12H,13H2,(H,28,32). The monoisotopic (exact) mass is 441 g/mol. The van der Waals surface area contributed by atoms with Crippen LogP contribution in [0.3, 0.4) is 0 Å². The van der Waals surface area contributed by atoms with Crippen molar-refractivity contribution < 1.29 is 22.4 Å². The summed E-state index contributed by atoms with van der Waals surface area (Å²) >= 11 is 0. The topological polar surface area (TPSA) is 72.7 Å². The highest BCUT2D eigenvalue weighted by Crippen LogP contribution is 2.35. The molecule has 0 aliphatic heterocycles. The Kier molecular flexibility index (Phi) is 5.67. The molecule has 4 aromatic rings. The van der Waals surface area contributed by atoms with E-state index in [-0.39, 0.29) is 17.9 Å². The van der Waals surface area contributed by atoms with Gasteiger partial charge in [0.15, 0.2) is 5.69 Å². The second-order valence-electron chi connectivity index (χ2n) is 6.77. The molecule has 0 saturated heterocycles. The number of nitrogens with one attached hydrogen (secondary N) is 1. The molecular formula is C22H15F4N5O. The number of benzene rings is 2. The van der Waals surface area contributed by atoms with Crippen molar-refractivity contribution in [1.82, 2.24) is 20.0 Å². The molecule has 0 aliphatic carbocycles. The van der Waals surface area contributed by atoms with Crippen LogP contribution < -0.4 is 5.32 Å². The molecule has 6 nitrogen and oxygen atoms in total. The zero-order chi connectivity index (χ0) is 22.7. The molecule has 0 aliphatic rings. The number of hydrogen-bond donors (Lipinski definition) is 1. The summed E-state index contributed by atoms with van der Waals surface area (Å²) in [5.74, 6) is -1.35. The molecule has 2 aromatic carbocycles. The number of rotatable bonds is 5. The average Bonchev–Trinajstić information content (AvgIpc) is 3.19. The van der Waals surface area contributed by atoms with E-state index in [2.05, 4.69) is 20.6 Å². The van der Waals surface area contributed by atoms with E-state index in [9.17, 15) is 22.4 Å². The SMILES string of the molecule is O=C(Nc1ccccc1C(F)(F)F)c1nnn(Cc2ccccc2F)c1-c1ccncc1. The molecule has 1 amide bonds. The van der Waals surface area contributed by atoms with Crippen molar-refractivity contribution in [2.75, 3.05) is 5.32 Å². The maximum atomic E-state index is 14.2. The second kappa shape index (κ2) is 8.58. The first kappa shape index (κ1) is 21.2. The maximum Gasteiger partial charge on any atom is 0.418 e. The van der Waals surface area contributed by atoms with Gasteiger partial charge < -0.3 is 5.32 Å². The number of carbonyl (C=O) groups is 1. The summed E-state index contributed by atoms with van der Waals surface area (Å²) in [4.78, 5) is 16.9. The molecule has 0 saturated carbocycles. The predicted molar refractivity (Wildman–Crippen MR) is 108 cm³/mol. The number of anilines is 1. The molecule has 10 heteroatoms. The van der Waals surface area contributed by atoms with Crippen LogP contribution in [-0.2, 0) is 12.7 Å². The molecule has 0 bridgehead atoms. The van der Waals surface area contributed by atoms with E-state index in [1.54, 1.807) is 30.3 Å². The minimum Gasteiger partial charge on any atom is -0.320 e. The van der Waals surface area contributed by atoms with Crippen molar-refractivity contribution in [3.63, 3.8) is 0 Å². The Morgan fingerprint density at radius 2 is 1.66 bits per heavy atom. The number of nitrogens with zero attached hydrogens (tertiary/aromatic N) is 4. The lowest BCUT2D eigenvalue weighted by molar-refractivity contribution is -0.136. The number of hydrogen-bond acceptors (Lipinski definition) is 4. The van der Waals surface area contributed by atoms with Crippen LogP contribution in [0.1, 0.15) is 21.6 Å². The van der Waals surface area contributed by atoms with Gasteiger partial charge in [0.2, 0.25) is 0 Å². The maximum absolute atomic E-state index is 14.2. The van der Waals surface area contributed by atoms with E-state index in [1.165, 1.54) is 35.3 Å². The minimum absolute atomic E-state index is 0.0379. The summed E-state index contributed by atoms with van der Waals surface area (Å²) in [6.45, 7) is -0.0379. The van der Waals surface area contributed by atoms with Gasteiger partial charge in [0.05, 0.1) is 17.8 Å². The molecule has 2 aromatic heterocycles. The van der Waals surface area contributed by atoms with Crippen molar-refractivity contribution in [3.05, 3.63) is 95.7 Å². The number of carbonyl (C=O) groups excluding carboxylic acids is 1. The number of amides is 1. The van der Waals surface area contributed by atoms with Gasteiger partial charge >= 0.3 is 6.18 Å². The van der Waals surface area contributed by atoms with E-state index < -0.39 is 29.2 Å². The molecule has 2 heterocycles. The number of halogens is 4. The van der Waals surface area contributed by atoms with E-state index in [4.69, 9.17) is 0 Å². The summed E-state index contributed by atoms with van der Waals surface area (Å²) in [7, 11) is 0. The Morgan fingerprint density at radius 1 is 0.969 bits per heavy atom. The van der Waals surface area contributed by atoms with Crippen LogP contribution in [0.5, 0.6) is 0 Å². The average molecular weight is 441 g/mol. The van der Waals surface area contributed by atoms with Gasteiger partial charge in [-0.3, -0.25) is 9.78 Å². The lowest BCUT2D eigenvalue weighted by Crippen LogP contribution is -2.18. The first-order chi connectivity index (χ1) is 15.3. The first-order valence-corrected chi connectivity index (χ1v) is 9.39. The highest BCUT2D eigenvalue weighted by atomic mass is 19.4. The Labute approximate surface area is 179 Å². The van der Waals surface area contributed by atoms with Crippen LogP contribution in [0.15, 0.2) is 73.1 Å². The fraction of sp³-hybridized carbons (Fsp3) is 0.0909. The summed E-state index contributed by atoms with van der Waals surface area (Å²) < 4.78 is 55.4. The zero-order valence-electron chi connectivity index (χ0n) is 16.3.